The number of carbonyl (C=O) groups excluding carboxylic acids is 1. The van der Waals surface area contributed by atoms with E-state index < -0.39 is 0 Å². The normalized spacial score (nSPS) is 26.9. The fraction of sp³-hybridized carbons (Fsp3) is 0.500. The summed E-state index contributed by atoms with van der Waals surface area (Å²) in [6.07, 6.45) is 4.43. The number of fused-ring (bicyclic) bond motifs is 2. The van der Waals surface area contributed by atoms with Crippen LogP contribution in [0.25, 0.3) is 0 Å². The van der Waals surface area contributed by atoms with Crippen LogP contribution >= 0.6 is 15.9 Å². The molecule has 2 fully saturated rings. The van der Waals surface area contributed by atoms with Crippen LogP contribution in [0.5, 0.6) is 0 Å². The van der Waals surface area contributed by atoms with E-state index in [0.717, 1.165) is 30.3 Å². The third kappa shape index (κ3) is 2.13. The molecule has 90 valence electrons. The van der Waals surface area contributed by atoms with Crippen LogP contribution < -0.4 is 0 Å². The fourth-order valence-electron chi connectivity index (χ4n) is 3.07. The molecule has 0 aromatic heterocycles. The van der Waals surface area contributed by atoms with Gasteiger partial charge in [-0.05, 0) is 43.4 Å². The molecular weight excluding hydrogens is 278 g/mol. The first kappa shape index (κ1) is 11.3. The van der Waals surface area contributed by atoms with E-state index in [1.165, 1.54) is 12.0 Å². The van der Waals surface area contributed by atoms with Gasteiger partial charge in [-0.2, -0.15) is 0 Å². The summed E-state index contributed by atoms with van der Waals surface area (Å²) in [5, 5.41) is 0. The molecule has 1 saturated heterocycles. The van der Waals surface area contributed by atoms with Crippen LogP contribution in [0.2, 0.25) is 0 Å². The SMILES string of the molecule is O=C1C2CCC(C2)N1CCc1ccc(Br)cc1. The maximum absolute atomic E-state index is 12.0. The Bertz CT molecular complexity index is 428. The molecule has 2 bridgehead atoms. The number of likely N-dealkylation sites (tertiary alicyclic amines) is 1. The molecule has 1 aliphatic carbocycles. The van der Waals surface area contributed by atoms with Crippen molar-refractivity contribution < 1.29 is 4.79 Å². The number of nitrogens with zero attached hydrogens (tertiary/aromatic N) is 1. The highest BCUT2D eigenvalue weighted by atomic mass is 79.9. The summed E-state index contributed by atoms with van der Waals surface area (Å²) >= 11 is 3.43. The number of hydrogen-bond donors (Lipinski definition) is 0. The molecule has 2 nitrogen and oxygen atoms in total. The van der Waals surface area contributed by atoms with Gasteiger partial charge in [-0.1, -0.05) is 28.1 Å². The van der Waals surface area contributed by atoms with Crippen LogP contribution in [-0.4, -0.2) is 23.4 Å². The largest absolute Gasteiger partial charge is 0.339 e. The number of halogens is 1. The van der Waals surface area contributed by atoms with Crippen molar-refractivity contribution in [3.8, 4) is 0 Å². The Morgan fingerprint density at radius 1 is 1.24 bits per heavy atom. The maximum atomic E-state index is 12.0. The monoisotopic (exact) mass is 293 g/mol. The zero-order chi connectivity index (χ0) is 11.8. The Morgan fingerprint density at radius 3 is 2.65 bits per heavy atom. The molecular formula is C14H16BrNO. The lowest BCUT2D eigenvalue weighted by Gasteiger charge is -2.27. The molecule has 1 aromatic carbocycles. The Morgan fingerprint density at radius 2 is 2.00 bits per heavy atom. The molecule has 0 N–H and O–H groups in total. The van der Waals surface area contributed by atoms with Crippen LogP contribution in [0.15, 0.2) is 28.7 Å². The van der Waals surface area contributed by atoms with Crippen molar-refractivity contribution in [3.05, 3.63) is 34.3 Å². The number of carbonyl (C=O) groups is 1. The zero-order valence-electron chi connectivity index (χ0n) is 9.73. The first-order valence-electron chi connectivity index (χ1n) is 6.29. The smallest absolute Gasteiger partial charge is 0.226 e. The number of piperidine rings is 1. The van der Waals surface area contributed by atoms with Crippen LogP contribution in [0.1, 0.15) is 24.8 Å². The van der Waals surface area contributed by atoms with Crippen molar-refractivity contribution in [2.75, 3.05) is 6.54 Å². The van der Waals surface area contributed by atoms with Gasteiger partial charge in [0.2, 0.25) is 5.91 Å². The van der Waals surface area contributed by atoms with Crippen molar-refractivity contribution in [1.82, 2.24) is 4.90 Å². The summed E-state index contributed by atoms with van der Waals surface area (Å²) in [6, 6.07) is 8.93. The van der Waals surface area contributed by atoms with Gasteiger partial charge in [-0.15, -0.1) is 0 Å². The van der Waals surface area contributed by atoms with E-state index in [9.17, 15) is 4.79 Å². The van der Waals surface area contributed by atoms with Crippen LogP contribution in [0.3, 0.4) is 0 Å². The average Bonchev–Trinajstić information content (AvgIpc) is 2.90. The number of benzene rings is 1. The molecule has 0 spiro atoms. The summed E-state index contributed by atoms with van der Waals surface area (Å²) in [6.45, 7) is 0.891. The average molecular weight is 294 g/mol. The molecule has 1 heterocycles. The lowest BCUT2D eigenvalue weighted by atomic mass is 10.1. The Hall–Kier alpha value is -0.830. The minimum atomic E-state index is 0.352. The van der Waals surface area contributed by atoms with Gasteiger partial charge in [0.15, 0.2) is 0 Å². The van der Waals surface area contributed by atoms with Crippen LogP contribution in [-0.2, 0) is 11.2 Å². The molecule has 0 radical (unpaired) electrons. The topological polar surface area (TPSA) is 20.3 Å². The highest BCUT2D eigenvalue weighted by Crippen LogP contribution is 2.38. The van der Waals surface area contributed by atoms with E-state index in [4.69, 9.17) is 0 Å². The number of hydrogen-bond acceptors (Lipinski definition) is 1. The van der Waals surface area contributed by atoms with Crippen molar-refractivity contribution in [2.24, 2.45) is 5.92 Å². The highest BCUT2D eigenvalue weighted by molar-refractivity contribution is 9.10. The van der Waals surface area contributed by atoms with E-state index in [1.807, 2.05) is 0 Å². The van der Waals surface area contributed by atoms with E-state index in [1.54, 1.807) is 0 Å². The van der Waals surface area contributed by atoms with Crippen molar-refractivity contribution in [2.45, 2.75) is 31.7 Å². The van der Waals surface area contributed by atoms with Gasteiger partial charge in [0, 0.05) is 23.0 Å². The van der Waals surface area contributed by atoms with Gasteiger partial charge in [-0.25, -0.2) is 0 Å². The second-order valence-electron chi connectivity index (χ2n) is 5.07. The third-order valence-electron chi connectivity index (χ3n) is 4.03. The molecule has 2 atom stereocenters. The molecule has 3 heteroatoms. The summed E-state index contributed by atoms with van der Waals surface area (Å²) in [4.78, 5) is 14.1. The molecule has 1 saturated carbocycles. The van der Waals surface area contributed by atoms with Crippen LogP contribution in [0.4, 0.5) is 0 Å². The van der Waals surface area contributed by atoms with Crippen molar-refractivity contribution in [1.29, 1.82) is 0 Å². The van der Waals surface area contributed by atoms with Gasteiger partial charge in [0.1, 0.15) is 0 Å². The fourth-order valence-corrected chi connectivity index (χ4v) is 3.34. The third-order valence-corrected chi connectivity index (χ3v) is 4.56. The Kier molecular flexibility index (Phi) is 2.95. The Balaban J connectivity index is 1.61. The van der Waals surface area contributed by atoms with E-state index in [0.29, 0.717) is 17.9 Å². The molecule has 17 heavy (non-hydrogen) atoms. The van der Waals surface area contributed by atoms with E-state index >= 15 is 0 Å². The molecule has 1 aromatic rings. The summed E-state index contributed by atoms with van der Waals surface area (Å²) in [5.41, 5.74) is 1.31. The summed E-state index contributed by atoms with van der Waals surface area (Å²) in [7, 11) is 0. The minimum absolute atomic E-state index is 0.352. The lowest BCUT2D eigenvalue weighted by Crippen LogP contribution is -2.38. The van der Waals surface area contributed by atoms with Gasteiger partial charge in [0.05, 0.1) is 0 Å². The zero-order valence-corrected chi connectivity index (χ0v) is 11.3. The van der Waals surface area contributed by atoms with Gasteiger partial charge >= 0.3 is 0 Å². The van der Waals surface area contributed by atoms with Crippen molar-refractivity contribution in [3.63, 3.8) is 0 Å². The maximum Gasteiger partial charge on any atom is 0.226 e. The summed E-state index contributed by atoms with van der Waals surface area (Å²) < 4.78 is 1.11. The van der Waals surface area contributed by atoms with Gasteiger partial charge < -0.3 is 4.90 Å². The second kappa shape index (κ2) is 4.45. The molecule has 1 aliphatic heterocycles. The van der Waals surface area contributed by atoms with Gasteiger partial charge in [0.25, 0.3) is 0 Å². The number of rotatable bonds is 3. The predicted octanol–water partition coefficient (Wildman–Crippen LogP) is 3.00. The lowest BCUT2D eigenvalue weighted by molar-refractivity contribution is -0.134. The quantitative estimate of drug-likeness (QED) is 0.839. The standard InChI is InChI=1S/C14H16BrNO/c15-12-4-1-10(2-5-12)7-8-16-13-6-3-11(9-13)14(16)17/h1-2,4-5,11,13H,3,6-9H2. The summed E-state index contributed by atoms with van der Waals surface area (Å²) in [5.74, 6) is 0.753. The molecule has 2 aliphatic rings. The Labute approximate surface area is 110 Å². The van der Waals surface area contributed by atoms with Crippen LogP contribution in [0, 0.1) is 5.92 Å². The van der Waals surface area contributed by atoms with Gasteiger partial charge in [-0.3, -0.25) is 4.79 Å². The highest BCUT2D eigenvalue weighted by Gasteiger charge is 2.43. The van der Waals surface area contributed by atoms with E-state index in [2.05, 4.69) is 45.1 Å². The minimum Gasteiger partial charge on any atom is -0.339 e. The van der Waals surface area contributed by atoms with E-state index in [-0.39, 0.29) is 0 Å². The molecule has 3 rings (SSSR count). The first-order chi connectivity index (χ1) is 8.24. The number of amides is 1. The molecule has 1 amide bonds. The second-order valence-corrected chi connectivity index (χ2v) is 5.99. The predicted molar refractivity (Wildman–Crippen MR) is 70.7 cm³/mol. The van der Waals surface area contributed by atoms with Crippen molar-refractivity contribution >= 4 is 21.8 Å². The first-order valence-corrected chi connectivity index (χ1v) is 7.08. The molecule has 2 unspecified atom stereocenters.